The first-order valence-corrected chi connectivity index (χ1v) is 12.3. The summed E-state index contributed by atoms with van der Waals surface area (Å²) in [6.07, 6.45) is 1.97. The molecule has 1 atom stereocenters. The number of hydrogen-bond donors (Lipinski definition) is 3. The number of carboxylic acid groups (broad SMARTS) is 1. The maximum Gasteiger partial charge on any atom is 0.407 e. The Morgan fingerprint density at radius 3 is 2.20 bits per heavy atom. The molecule has 2 amide bonds. The summed E-state index contributed by atoms with van der Waals surface area (Å²) in [5, 5.41) is 14.7. The first-order valence-electron chi connectivity index (χ1n) is 12.3. The van der Waals surface area contributed by atoms with Gasteiger partial charge < -0.3 is 20.5 Å². The summed E-state index contributed by atoms with van der Waals surface area (Å²) in [7, 11) is 0. The predicted octanol–water partition coefficient (Wildman–Crippen LogP) is 5.09. The second-order valence-corrected chi connectivity index (χ2v) is 10.0. The summed E-state index contributed by atoms with van der Waals surface area (Å²) in [6, 6.07) is 15.9. The fraction of sp³-hybridized carbons (Fsp3) is 0.464. The van der Waals surface area contributed by atoms with E-state index in [0.717, 1.165) is 24.0 Å². The summed E-state index contributed by atoms with van der Waals surface area (Å²) in [5.74, 6) is -1.16. The summed E-state index contributed by atoms with van der Waals surface area (Å²) in [6.45, 7) is 6.28. The van der Waals surface area contributed by atoms with Crippen molar-refractivity contribution in [3.63, 3.8) is 0 Å². The van der Waals surface area contributed by atoms with Gasteiger partial charge >= 0.3 is 12.1 Å². The predicted molar refractivity (Wildman–Crippen MR) is 135 cm³/mol. The van der Waals surface area contributed by atoms with Crippen molar-refractivity contribution < 1.29 is 24.2 Å². The minimum Gasteiger partial charge on any atom is -0.481 e. The van der Waals surface area contributed by atoms with E-state index in [0.29, 0.717) is 6.42 Å². The Bertz CT molecular complexity index is 1000. The third-order valence-electron chi connectivity index (χ3n) is 6.39. The molecule has 0 spiro atoms. The molecule has 1 aliphatic rings. The molecule has 0 fully saturated rings. The summed E-state index contributed by atoms with van der Waals surface area (Å²) >= 11 is 0. The number of alkyl carbamates (subject to hydrolysis) is 1. The number of carboxylic acids is 1. The molecule has 1 unspecified atom stereocenters. The summed E-state index contributed by atoms with van der Waals surface area (Å²) in [5.41, 5.74) is 4.12. The SMILES string of the molecule is CCCCC(CC(=O)O)NC(=O)CC(C)(C)CNC(=O)OCC1c2ccccc2-c2ccccc21. The van der Waals surface area contributed by atoms with Gasteiger partial charge in [0.25, 0.3) is 0 Å². The Morgan fingerprint density at radius 2 is 1.63 bits per heavy atom. The van der Waals surface area contributed by atoms with E-state index >= 15 is 0 Å². The van der Waals surface area contributed by atoms with E-state index in [1.807, 2.05) is 45.0 Å². The van der Waals surface area contributed by atoms with Crippen LogP contribution in [-0.2, 0) is 14.3 Å². The van der Waals surface area contributed by atoms with Crippen LogP contribution in [0.5, 0.6) is 0 Å². The number of unbranched alkanes of at least 4 members (excludes halogenated alkanes) is 1. The van der Waals surface area contributed by atoms with Crippen LogP contribution in [0.3, 0.4) is 0 Å². The normalized spacial score (nSPS) is 13.5. The van der Waals surface area contributed by atoms with Crippen molar-refractivity contribution in [3.05, 3.63) is 59.7 Å². The first-order chi connectivity index (χ1) is 16.7. The number of hydrogen-bond acceptors (Lipinski definition) is 4. The van der Waals surface area contributed by atoms with E-state index in [1.165, 1.54) is 11.1 Å². The molecule has 2 aromatic carbocycles. The van der Waals surface area contributed by atoms with E-state index in [1.54, 1.807) is 0 Å². The van der Waals surface area contributed by atoms with Crippen molar-refractivity contribution in [2.24, 2.45) is 5.41 Å². The molecule has 1 aliphatic carbocycles. The Kier molecular flexibility index (Phi) is 8.90. The molecule has 7 heteroatoms. The molecular weight excluding hydrogens is 444 g/mol. The fourth-order valence-corrected chi connectivity index (χ4v) is 4.62. The molecule has 7 nitrogen and oxygen atoms in total. The van der Waals surface area contributed by atoms with Gasteiger partial charge in [0.15, 0.2) is 0 Å². The Morgan fingerprint density at radius 1 is 1.03 bits per heavy atom. The second-order valence-electron chi connectivity index (χ2n) is 10.0. The zero-order chi connectivity index (χ0) is 25.4. The number of nitrogens with one attached hydrogen (secondary N) is 2. The Balaban J connectivity index is 1.49. The molecule has 3 N–H and O–H groups in total. The van der Waals surface area contributed by atoms with Gasteiger partial charge in [0.2, 0.25) is 5.91 Å². The smallest absolute Gasteiger partial charge is 0.407 e. The van der Waals surface area contributed by atoms with Gasteiger partial charge in [-0.1, -0.05) is 82.1 Å². The van der Waals surface area contributed by atoms with E-state index in [9.17, 15) is 14.4 Å². The average Bonchev–Trinajstić information content (AvgIpc) is 3.13. The van der Waals surface area contributed by atoms with Gasteiger partial charge in [-0.2, -0.15) is 0 Å². The van der Waals surface area contributed by atoms with Gasteiger partial charge in [0.05, 0.1) is 6.42 Å². The Labute approximate surface area is 207 Å². The number of carbonyl (C=O) groups is 3. The summed E-state index contributed by atoms with van der Waals surface area (Å²) < 4.78 is 5.58. The van der Waals surface area contributed by atoms with Crippen LogP contribution in [0.1, 0.15) is 69.9 Å². The standard InChI is InChI=1S/C28H36N2O5/c1-4-5-10-19(15-26(32)33)30-25(31)16-28(2,3)18-29-27(34)35-17-24-22-13-8-6-11-20(22)21-12-7-9-14-23(21)24/h6-9,11-14,19,24H,4-5,10,15-18H2,1-3H3,(H,29,34)(H,30,31)(H,32,33). The minimum absolute atomic E-state index is 0.0128. The lowest BCUT2D eigenvalue weighted by atomic mass is 9.88. The maximum absolute atomic E-state index is 12.5. The van der Waals surface area contributed by atoms with Crippen molar-refractivity contribution in [3.8, 4) is 11.1 Å². The quantitative estimate of drug-likeness (QED) is 0.392. The van der Waals surface area contributed by atoms with Crippen LogP contribution < -0.4 is 10.6 Å². The minimum atomic E-state index is -0.928. The van der Waals surface area contributed by atoms with Crippen LogP contribution in [0.4, 0.5) is 4.79 Å². The monoisotopic (exact) mass is 480 g/mol. The van der Waals surface area contributed by atoms with Crippen LogP contribution in [0.2, 0.25) is 0 Å². The zero-order valence-corrected chi connectivity index (χ0v) is 20.8. The molecule has 0 saturated carbocycles. The highest BCUT2D eigenvalue weighted by molar-refractivity contribution is 5.79. The van der Waals surface area contributed by atoms with Crippen LogP contribution in [0.25, 0.3) is 11.1 Å². The number of fused-ring (bicyclic) bond motifs is 3. The average molecular weight is 481 g/mol. The van der Waals surface area contributed by atoms with Crippen molar-refractivity contribution >= 4 is 18.0 Å². The van der Waals surface area contributed by atoms with Gasteiger partial charge in [0.1, 0.15) is 6.61 Å². The lowest BCUT2D eigenvalue weighted by Gasteiger charge is -2.26. The first kappa shape index (κ1) is 26.3. The van der Waals surface area contributed by atoms with Crippen molar-refractivity contribution in [2.75, 3.05) is 13.2 Å². The molecule has 35 heavy (non-hydrogen) atoms. The van der Waals surface area contributed by atoms with Gasteiger partial charge in [-0.15, -0.1) is 0 Å². The zero-order valence-electron chi connectivity index (χ0n) is 20.8. The van der Waals surface area contributed by atoms with Crippen molar-refractivity contribution in [1.29, 1.82) is 0 Å². The van der Waals surface area contributed by atoms with Gasteiger partial charge in [-0.25, -0.2) is 4.79 Å². The van der Waals surface area contributed by atoms with E-state index in [4.69, 9.17) is 9.84 Å². The van der Waals surface area contributed by atoms with Gasteiger partial charge in [0, 0.05) is 24.9 Å². The van der Waals surface area contributed by atoms with Gasteiger partial charge in [-0.05, 0) is 34.1 Å². The van der Waals surface area contributed by atoms with E-state index < -0.39 is 17.5 Å². The molecule has 188 valence electrons. The number of rotatable bonds is 12. The molecule has 0 heterocycles. The Hall–Kier alpha value is -3.35. The maximum atomic E-state index is 12.5. The number of carbonyl (C=O) groups excluding carboxylic acids is 2. The molecule has 3 rings (SSSR count). The molecule has 0 bridgehead atoms. The number of aliphatic carboxylic acids is 1. The highest BCUT2D eigenvalue weighted by Gasteiger charge is 2.30. The van der Waals surface area contributed by atoms with Crippen LogP contribution in [0, 0.1) is 5.41 Å². The highest BCUT2D eigenvalue weighted by Crippen LogP contribution is 2.44. The van der Waals surface area contributed by atoms with E-state index in [2.05, 4.69) is 34.9 Å². The number of ether oxygens (including phenoxy) is 1. The fourth-order valence-electron chi connectivity index (χ4n) is 4.62. The third kappa shape index (κ3) is 7.31. The lowest BCUT2D eigenvalue weighted by molar-refractivity contribution is -0.137. The molecule has 0 saturated heterocycles. The van der Waals surface area contributed by atoms with Crippen LogP contribution in [-0.4, -0.2) is 42.3 Å². The summed E-state index contributed by atoms with van der Waals surface area (Å²) in [4.78, 5) is 36.1. The number of amides is 2. The van der Waals surface area contributed by atoms with Crippen LogP contribution >= 0.6 is 0 Å². The van der Waals surface area contributed by atoms with E-state index in [-0.39, 0.29) is 43.9 Å². The van der Waals surface area contributed by atoms with Gasteiger partial charge in [-0.3, -0.25) is 9.59 Å². The molecule has 0 aromatic heterocycles. The molecular formula is C28H36N2O5. The van der Waals surface area contributed by atoms with Crippen molar-refractivity contribution in [1.82, 2.24) is 10.6 Å². The molecule has 0 radical (unpaired) electrons. The second kappa shape index (κ2) is 11.9. The third-order valence-corrected chi connectivity index (χ3v) is 6.39. The highest BCUT2D eigenvalue weighted by atomic mass is 16.5. The largest absolute Gasteiger partial charge is 0.481 e. The molecule has 2 aromatic rings. The number of benzene rings is 2. The topological polar surface area (TPSA) is 105 Å². The molecule has 0 aliphatic heterocycles. The van der Waals surface area contributed by atoms with Crippen LogP contribution in [0.15, 0.2) is 48.5 Å². The lowest BCUT2D eigenvalue weighted by Crippen LogP contribution is -2.41. The van der Waals surface area contributed by atoms with Crippen molar-refractivity contribution in [2.45, 2.75) is 64.8 Å².